The molecule has 1 fully saturated rings. The van der Waals surface area contributed by atoms with Gasteiger partial charge in [0.05, 0.1) is 14.3 Å². The molecule has 1 aliphatic heterocycles. The number of hydrogen-bond donors (Lipinski definition) is 1. The van der Waals surface area contributed by atoms with Crippen LogP contribution in [0.2, 0.25) is 0 Å². The first kappa shape index (κ1) is 13.2. The molecule has 0 atom stereocenters. The van der Waals surface area contributed by atoms with Crippen molar-refractivity contribution in [1.82, 2.24) is 5.32 Å². The SMILES string of the molecule is O=C1NC(=S)S/C1=C\c1ccc(Br)c([N+](=O)[O-])c1. The number of halogens is 1. The molecule has 1 saturated heterocycles. The van der Waals surface area contributed by atoms with Gasteiger partial charge in [-0.2, -0.15) is 0 Å². The second-order valence-corrected chi connectivity index (χ2v) is 5.89. The number of benzene rings is 1. The highest BCUT2D eigenvalue weighted by atomic mass is 79.9. The van der Waals surface area contributed by atoms with Gasteiger partial charge in [0.2, 0.25) is 0 Å². The van der Waals surface area contributed by atoms with Crippen LogP contribution in [0.5, 0.6) is 0 Å². The molecule has 1 aromatic carbocycles. The van der Waals surface area contributed by atoms with Crippen LogP contribution < -0.4 is 5.32 Å². The van der Waals surface area contributed by atoms with E-state index in [9.17, 15) is 14.9 Å². The Morgan fingerprint density at radius 1 is 1.50 bits per heavy atom. The first-order chi connectivity index (χ1) is 8.47. The maximum atomic E-state index is 11.4. The first-order valence-corrected chi connectivity index (χ1v) is 6.68. The number of nitro groups is 1. The largest absolute Gasteiger partial charge is 0.307 e. The number of carbonyl (C=O) groups is 1. The number of nitro benzene ring substituents is 1. The van der Waals surface area contributed by atoms with Gasteiger partial charge in [0.15, 0.2) is 0 Å². The zero-order chi connectivity index (χ0) is 13.3. The van der Waals surface area contributed by atoms with Gasteiger partial charge in [-0.1, -0.05) is 30.0 Å². The highest BCUT2D eigenvalue weighted by Crippen LogP contribution is 2.29. The minimum absolute atomic E-state index is 0.0460. The summed E-state index contributed by atoms with van der Waals surface area (Å²) in [5.74, 6) is -0.282. The Kier molecular flexibility index (Phi) is 3.79. The fraction of sp³-hybridized carbons (Fsp3) is 0. The zero-order valence-electron chi connectivity index (χ0n) is 8.68. The zero-order valence-corrected chi connectivity index (χ0v) is 11.9. The van der Waals surface area contributed by atoms with E-state index in [0.29, 0.717) is 19.3 Å². The molecule has 92 valence electrons. The summed E-state index contributed by atoms with van der Waals surface area (Å²) in [5, 5.41) is 13.3. The Labute approximate surface area is 120 Å². The molecular formula is C10H5BrN2O3S2. The summed E-state index contributed by atoms with van der Waals surface area (Å²) in [7, 11) is 0. The van der Waals surface area contributed by atoms with Gasteiger partial charge in [-0.05, 0) is 33.6 Å². The van der Waals surface area contributed by atoms with Gasteiger partial charge in [0.25, 0.3) is 11.6 Å². The molecule has 2 rings (SSSR count). The minimum Gasteiger partial charge on any atom is -0.307 e. The van der Waals surface area contributed by atoms with E-state index in [4.69, 9.17) is 12.2 Å². The van der Waals surface area contributed by atoms with Crippen LogP contribution in [-0.2, 0) is 4.79 Å². The molecule has 1 aromatic rings. The maximum Gasteiger partial charge on any atom is 0.284 e. The van der Waals surface area contributed by atoms with Crippen LogP contribution in [0.3, 0.4) is 0 Å². The summed E-state index contributed by atoms with van der Waals surface area (Å²) >= 11 is 9.09. The van der Waals surface area contributed by atoms with Crippen LogP contribution in [0.15, 0.2) is 27.6 Å². The second-order valence-electron chi connectivity index (χ2n) is 3.32. The molecule has 0 spiro atoms. The molecule has 1 heterocycles. The van der Waals surface area contributed by atoms with Crippen LogP contribution in [0.25, 0.3) is 6.08 Å². The number of nitrogens with one attached hydrogen (secondary N) is 1. The van der Waals surface area contributed by atoms with E-state index in [1.54, 1.807) is 18.2 Å². The minimum atomic E-state index is -0.488. The van der Waals surface area contributed by atoms with E-state index < -0.39 is 4.92 Å². The molecular weight excluding hydrogens is 340 g/mol. The number of amides is 1. The molecule has 1 N–H and O–H groups in total. The summed E-state index contributed by atoms with van der Waals surface area (Å²) < 4.78 is 0.784. The van der Waals surface area contributed by atoms with E-state index in [1.165, 1.54) is 6.07 Å². The van der Waals surface area contributed by atoms with Gasteiger partial charge in [-0.25, -0.2) is 0 Å². The summed E-state index contributed by atoms with van der Waals surface area (Å²) in [4.78, 5) is 22.2. The van der Waals surface area contributed by atoms with Crippen molar-refractivity contribution in [3.05, 3.63) is 43.3 Å². The van der Waals surface area contributed by atoms with Crippen molar-refractivity contribution in [3.63, 3.8) is 0 Å². The standard InChI is InChI=1S/C10H5BrN2O3S2/c11-6-2-1-5(3-7(6)13(15)16)4-8-9(14)12-10(17)18-8/h1-4H,(H,12,14,17)/b8-4-. The van der Waals surface area contributed by atoms with Gasteiger partial charge in [0, 0.05) is 6.07 Å². The number of nitrogens with zero attached hydrogens (tertiary/aromatic N) is 1. The molecule has 5 nitrogen and oxygen atoms in total. The summed E-state index contributed by atoms with van der Waals surface area (Å²) in [6.45, 7) is 0. The Balaban J connectivity index is 2.38. The van der Waals surface area contributed by atoms with E-state index in [1.807, 2.05) is 0 Å². The quantitative estimate of drug-likeness (QED) is 0.386. The fourth-order valence-corrected chi connectivity index (χ4v) is 2.77. The number of carbonyl (C=O) groups excluding carboxylic acids is 1. The topological polar surface area (TPSA) is 72.2 Å². The number of thiocarbonyl (C=S) groups is 1. The first-order valence-electron chi connectivity index (χ1n) is 4.66. The lowest BCUT2D eigenvalue weighted by Crippen LogP contribution is -2.17. The van der Waals surface area contributed by atoms with Crippen molar-refractivity contribution in [2.24, 2.45) is 0 Å². The Bertz CT molecular complexity index is 601. The molecule has 0 radical (unpaired) electrons. The molecule has 0 unspecified atom stereocenters. The molecule has 1 aliphatic rings. The molecule has 1 amide bonds. The molecule has 0 saturated carbocycles. The second kappa shape index (κ2) is 5.17. The summed E-state index contributed by atoms with van der Waals surface area (Å²) in [6.07, 6.45) is 1.57. The van der Waals surface area contributed by atoms with Gasteiger partial charge < -0.3 is 5.32 Å². The third-order valence-corrected chi connectivity index (χ3v) is 3.94. The number of rotatable bonds is 2. The predicted molar refractivity (Wildman–Crippen MR) is 77.1 cm³/mol. The predicted octanol–water partition coefficient (Wildman–Crippen LogP) is 2.85. The Morgan fingerprint density at radius 3 is 2.78 bits per heavy atom. The molecule has 18 heavy (non-hydrogen) atoms. The summed E-state index contributed by atoms with van der Waals surface area (Å²) in [6, 6.07) is 4.64. The van der Waals surface area contributed by atoms with Crippen molar-refractivity contribution < 1.29 is 9.72 Å². The van der Waals surface area contributed by atoms with Gasteiger partial charge in [-0.3, -0.25) is 14.9 Å². The molecule has 0 bridgehead atoms. The van der Waals surface area contributed by atoms with Crippen molar-refractivity contribution in [2.45, 2.75) is 0 Å². The lowest BCUT2D eigenvalue weighted by molar-refractivity contribution is -0.385. The summed E-state index contributed by atoms with van der Waals surface area (Å²) in [5.41, 5.74) is 0.530. The van der Waals surface area contributed by atoms with E-state index >= 15 is 0 Å². The number of hydrogen-bond acceptors (Lipinski definition) is 5. The number of thioether (sulfide) groups is 1. The van der Waals surface area contributed by atoms with E-state index in [2.05, 4.69) is 21.2 Å². The molecule has 0 aliphatic carbocycles. The fourth-order valence-electron chi connectivity index (χ4n) is 1.33. The van der Waals surface area contributed by atoms with Gasteiger partial charge >= 0.3 is 0 Å². The van der Waals surface area contributed by atoms with Crippen LogP contribution in [0.1, 0.15) is 5.56 Å². The normalized spacial score (nSPS) is 17.1. The van der Waals surface area contributed by atoms with E-state index in [-0.39, 0.29) is 11.6 Å². The monoisotopic (exact) mass is 344 g/mol. The van der Waals surface area contributed by atoms with E-state index in [0.717, 1.165) is 11.8 Å². The molecule has 0 aromatic heterocycles. The highest BCUT2D eigenvalue weighted by molar-refractivity contribution is 9.10. The Morgan fingerprint density at radius 2 is 2.22 bits per heavy atom. The van der Waals surface area contributed by atoms with Gasteiger partial charge in [-0.15, -0.1) is 0 Å². The lowest BCUT2D eigenvalue weighted by Gasteiger charge is -1.98. The van der Waals surface area contributed by atoms with Crippen LogP contribution in [-0.4, -0.2) is 15.2 Å². The van der Waals surface area contributed by atoms with Gasteiger partial charge in [0.1, 0.15) is 4.32 Å². The smallest absolute Gasteiger partial charge is 0.284 e. The van der Waals surface area contributed by atoms with Crippen molar-refractivity contribution in [3.8, 4) is 0 Å². The third-order valence-electron chi connectivity index (χ3n) is 2.11. The van der Waals surface area contributed by atoms with Crippen molar-refractivity contribution >= 4 is 61.9 Å². The van der Waals surface area contributed by atoms with Crippen LogP contribution >= 0.6 is 39.9 Å². The Hall–Kier alpha value is -1.25. The average Bonchev–Trinajstić information content (AvgIpc) is 2.60. The highest BCUT2D eigenvalue weighted by Gasteiger charge is 2.22. The average molecular weight is 345 g/mol. The van der Waals surface area contributed by atoms with Crippen LogP contribution in [0, 0.1) is 10.1 Å². The van der Waals surface area contributed by atoms with Crippen LogP contribution in [0.4, 0.5) is 5.69 Å². The lowest BCUT2D eigenvalue weighted by atomic mass is 10.2. The van der Waals surface area contributed by atoms with Crippen molar-refractivity contribution in [1.29, 1.82) is 0 Å². The van der Waals surface area contributed by atoms with Crippen molar-refractivity contribution in [2.75, 3.05) is 0 Å². The maximum absolute atomic E-state index is 11.4. The third kappa shape index (κ3) is 2.77. The molecule has 8 heteroatoms.